The number of hydrogen-bond acceptors (Lipinski definition) is 6. The Balaban J connectivity index is 1.63. The molecule has 8 nitrogen and oxygen atoms in total. The summed E-state index contributed by atoms with van der Waals surface area (Å²) in [5, 5.41) is 7.04. The molecule has 3 rings (SSSR count). The Hall–Kier alpha value is -2.79. The van der Waals surface area contributed by atoms with Crippen LogP contribution >= 0.6 is 0 Å². The van der Waals surface area contributed by atoms with Gasteiger partial charge in [-0.05, 0) is 51.8 Å². The molecule has 1 saturated carbocycles. The van der Waals surface area contributed by atoms with E-state index in [1.807, 2.05) is 0 Å². The first-order valence-corrected chi connectivity index (χ1v) is 16.3. The van der Waals surface area contributed by atoms with Crippen LogP contribution in [0.25, 0.3) is 11.4 Å². The fourth-order valence-electron chi connectivity index (χ4n) is 3.26. The zero-order valence-corrected chi connectivity index (χ0v) is 23.6. The molecule has 204 valence electrons. The Bertz CT molecular complexity index is 1100. The lowest BCUT2D eigenvalue weighted by molar-refractivity contribution is 0.0531. The van der Waals surface area contributed by atoms with Crippen molar-refractivity contribution in [2.24, 2.45) is 0 Å². The number of carbonyl (C=O) groups is 1. The molecule has 0 spiro atoms. The number of nitrogens with one attached hydrogen (secondary N) is 1. The smallest absolute Gasteiger partial charge is 0.407 e. The molecule has 0 saturated heterocycles. The maximum Gasteiger partial charge on any atom is 0.407 e. The number of hydrogen-bond donors (Lipinski definition) is 1. The number of halogens is 2. The molecule has 1 aromatic heterocycles. The summed E-state index contributed by atoms with van der Waals surface area (Å²) in [6, 6.07) is 5.42. The second-order valence-electron chi connectivity index (χ2n) is 11.5. The Morgan fingerprint density at radius 1 is 1.27 bits per heavy atom. The summed E-state index contributed by atoms with van der Waals surface area (Å²) in [6.07, 6.45) is 1.75. The lowest BCUT2D eigenvalue weighted by Gasteiger charge is -2.20. The predicted molar refractivity (Wildman–Crippen MR) is 140 cm³/mol. The van der Waals surface area contributed by atoms with Gasteiger partial charge in [-0.2, -0.15) is 5.10 Å². The molecule has 1 fully saturated rings. The minimum atomic E-state index is -1.23. The highest BCUT2D eigenvalue weighted by atomic mass is 28.3. The van der Waals surface area contributed by atoms with Crippen molar-refractivity contribution in [2.45, 2.75) is 77.5 Å². The van der Waals surface area contributed by atoms with Gasteiger partial charge in [-0.25, -0.2) is 23.2 Å². The van der Waals surface area contributed by atoms with Crippen LogP contribution in [0.15, 0.2) is 30.1 Å². The molecule has 0 aliphatic heterocycles. The van der Waals surface area contributed by atoms with Crippen LogP contribution in [-0.2, 0) is 16.2 Å². The second-order valence-corrected chi connectivity index (χ2v) is 17.1. The normalized spacial score (nSPS) is 14.5. The van der Waals surface area contributed by atoms with E-state index in [2.05, 4.69) is 35.0 Å². The Morgan fingerprint density at radius 2 is 2.00 bits per heavy atom. The third kappa shape index (κ3) is 9.55. The number of nitrogens with zero attached hydrogens (tertiary/aromatic N) is 3. The highest BCUT2D eigenvalue weighted by molar-refractivity contribution is 6.76. The molecule has 1 amide bonds. The monoisotopic (exact) mass is 536 g/mol. The molecule has 37 heavy (non-hydrogen) atoms. The van der Waals surface area contributed by atoms with Gasteiger partial charge in [-0.3, -0.25) is 0 Å². The van der Waals surface area contributed by atoms with E-state index in [4.69, 9.17) is 14.2 Å². The number of carbonyl (C=O) groups excluding carboxylic acids is 1. The van der Waals surface area contributed by atoms with Crippen molar-refractivity contribution in [3.8, 4) is 17.1 Å². The number of alkyl carbamates (subject to hydrolysis) is 1. The van der Waals surface area contributed by atoms with Gasteiger partial charge in [0.1, 0.15) is 30.5 Å². The van der Waals surface area contributed by atoms with Gasteiger partial charge in [-0.15, -0.1) is 0 Å². The maximum absolute atomic E-state index is 15.1. The standard InChI is InChI=1S/C26H38F2N4O4Si/c1-26(2,3)36-25(33)29-15-18(14-27)16-35-20-9-10-21(22(28)13-20)24-30-23(19-7-8-19)31-32(24)17-34-11-12-37(4,5)6/h9-10,13-14,19H,7-8,11-12,15-17H2,1-6H3,(H,29,33)/b18-14+. The Morgan fingerprint density at radius 3 is 2.59 bits per heavy atom. The first-order valence-electron chi connectivity index (χ1n) is 12.5. The summed E-state index contributed by atoms with van der Waals surface area (Å²) >= 11 is 0. The molecule has 1 N–H and O–H groups in total. The third-order valence-electron chi connectivity index (χ3n) is 5.46. The van der Waals surface area contributed by atoms with Gasteiger partial charge in [0.2, 0.25) is 0 Å². The number of ether oxygens (including phenoxy) is 3. The topological polar surface area (TPSA) is 87.5 Å². The second kappa shape index (κ2) is 12.2. The van der Waals surface area contributed by atoms with Gasteiger partial charge in [0.05, 0.1) is 11.9 Å². The zero-order valence-electron chi connectivity index (χ0n) is 22.6. The molecule has 1 aliphatic carbocycles. The average molecular weight is 537 g/mol. The zero-order chi connectivity index (χ0) is 27.2. The van der Waals surface area contributed by atoms with Crippen LogP contribution in [0, 0.1) is 5.82 Å². The highest BCUT2D eigenvalue weighted by Crippen LogP contribution is 2.39. The maximum atomic E-state index is 15.1. The van der Waals surface area contributed by atoms with Crippen molar-refractivity contribution in [3.63, 3.8) is 0 Å². The fourth-order valence-corrected chi connectivity index (χ4v) is 4.01. The van der Waals surface area contributed by atoms with Gasteiger partial charge in [0.15, 0.2) is 11.6 Å². The largest absolute Gasteiger partial charge is 0.489 e. The van der Waals surface area contributed by atoms with E-state index in [-0.39, 0.29) is 36.8 Å². The Kier molecular flexibility index (Phi) is 9.46. The van der Waals surface area contributed by atoms with E-state index in [9.17, 15) is 9.18 Å². The lowest BCUT2D eigenvalue weighted by atomic mass is 10.2. The molecule has 1 aromatic carbocycles. The first-order chi connectivity index (χ1) is 17.3. The number of rotatable bonds is 12. The van der Waals surface area contributed by atoms with Crippen LogP contribution in [0.2, 0.25) is 25.7 Å². The van der Waals surface area contributed by atoms with E-state index >= 15 is 4.39 Å². The van der Waals surface area contributed by atoms with E-state index in [0.29, 0.717) is 30.5 Å². The summed E-state index contributed by atoms with van der Waals surface area (Å²) in [4.78, 5) is 16.4. The molecule has 11 heteroatoms. The minimum absolute atomic E-state index is 0.100. The van der Waals surface area contributed by atoms with Crippen molar-refractivity contribution >= 4 is 14.2 Å². The molecule has 0 atom stereocenters. The van der Waals surface area contributed by atoms with Gasteiger partial charge >= 0.3 is 6.09 Å². The number of amides is 1. The van der Waals surface area contributed by atoms with Crippen molar-refractivity contribution in [1.82, 2.24) is 20.1 Å². The minimum Gasteiger partial charge on any atom is -0.489 e. The molecular weight excluding hydrogens is 498 g/mol. The van der Waals surface area contributed by atoms with Crippen molar-refractivity contribution in [3.05, 3.63) is 41.7 Å². The summed E-state index contributed by atoms with van der Waals surface area (Å²) in [5.74, 6) is 1.11. The molecule has 0 unspecified atom stereocenters. The molecule has 0 radical (unpaired) electrons. The van der Waals surface area contributed by atoms with Crippen LogP contribution < -0.4 is 10.1 Å². The molecule has 2 aromatic rings. The summed E-state index contributed by atoms with van der Waals surface area (Å²) in [5.41, 5.74) is -0.212. The first kappa shape index (κ1) is 28.8. The summed E-state index contributed by atoms with van der Waals surface area (Å²) in [7, 11) is -1.23. The summed E-state index contributed by atoms with van der Waals surface area (Å²) in [6.45, 7) is 12.6. The van der Waals surface area contributed by atoms with Crippen LogP contribution in [0.4, 0.5) is 13.6 Å². The van der Waals surface area contributed by atoms with E-state index in [1.165, 1.54) is 6.07 Å². The number of benzene rings is 1. The number of aromatic nitrogens is 3. The Labute approximate surface area is 218 Å². The fraction of sp³-hybridized carbons (Fsp3) is 0.577. The highest BCUT2D eigenvalue weighted by Gasteiger charge is 2.30. The third-order valence-corrected chi connectivity index (χ3v) is 7.16. The lowest BCUT2D eigenvalue weighted by Crippen LogP contribution is -2.34. The molecule has 1 aliphatic rings. The van der Waals surface area contributed by atoms with Crippen molar-refractivity contribution < 1.29 is 27.8 Å². The van der Waals surface area contributed by atoms with Crippen LogP contribution in [0.3, 0.4) is 0 Å². The van der Waals surface area contributed by atoms with Crippen LogP contribution in [0.5, 0.6) is 5.75 Å². The predicted octanol–water partition coefficient (Wildman–Crippen LogP) is 6.03. The van der Waals surface area contributed by atoms with Crippen LogP contribution in [-0.4, -0.2) is 54.3 Å². The quantitative estimate of drug-likeness (QED) is 0.263. The van der Waals surface area contributed by atoms with Gasteiger partial charge < -0.3 is 19.5 Å². The molecule has 0 bridgehead atoms. The summed E-state index contributed by atoms with van der Waals surface area (Å²) < 4.78 is 46.6. The molecule has 1 heterocycles. The van der Waals surface area contributed by atoms with Gasteiger partial charge in [0.25, 0.3) is 0 Å². The van der Waals surface area contributed by atoms with Crippen molar-refractivity contribution in [1.29, 1.82) is 0 Å². The van der Waals surface area contributed by atoms with Gasteiger partial charge in [0, 0.05) is 38.8 Å². The molecular formula is C26H38F2N4O4Si. The van der Waals surface area contributed by atoms with Crippen LogP contribution in [0.1, 0.15) is 45.4 Å². The van der Waals surface area contributed by atoms with E-state index < -0.39 is 25.6 Å². The van der Waals surface area contributed by atoms with E-state index in [0.717, 1.165) is 18.9 Å². The van der Waals surface area contributed by atoms with Gasteiger partial charge in [-0.1, -0.05) is 19.6 Å². The van der Waals surface area contributed by atoms with E-state index in [1.54, 1.807) is 37.6 Å². The SMILES string of the molecule is CC(C)(C)OC(=O)NC/C(=C\F)COc1ccc(-c2nc(C3CC3)nn2COCC[Si](C)(C)C)c(F)c1. The average Bonchev–Trinajstić information content (AvgIpc) is 3.55. The van der Waals surface area contributed by atoms with Crippen molar-refractivity contribution in [2.75, 3.05) is 19.8 Å².